The lowest BCUT2D eigenvalue weighted by atomic mass is 9.91. The van der Waals surface area contributed by atoms with Crippen molar-refractivity contribution in [2.75, 3.05) is 20.2 Å². The van der Waals surface area contributed by atoms with Gasteiger partial charge in [-0.15, -0.1) is 0 Å². The van der Waals surface area contributed by atoms with E-state index in [1.165, 1.54) is 19.2 Å². The first-order valence-electron chi connectivity index (χ1n) is 11.4. The third kappa shape index (κ3) is 4.74. The van der Waals surface area contributed by atoms with Gasteiger partial charge in [0.15, 0.2) is 0 Å². The number of nitriles is 1. The fourth-order valence-electron chi connectivity index (χ4n) is 4.86. The molecular formula is C25H29N3O5S. The third-order valence-corrected chi connectivity index (χ3v) is 7.84. The Morgan fingerprint density at radius 1 is 1.21 bits per heavy atom. The summed E-state index contributed by atoms with van der Waals surface area (Å²) in [7, 11) is -2.45. The lowest BCUT2D eigenvalue weighted by Crippen LogP contribution is -2.45. The topological polar surface area (TPSA) is 109 Å². The maximum atomic E-state index is 13.0. The van der Waals surface area contributed by atoms with Crippen molar-refractivity contribution in [3.8, 4) is 17.6 Å². The van der Waals surface area contributed by atoms with Gasteiger partial charge < -0.3 is 19.1 Å². The summed E-state index contributed by atoms with van der Waals surface area (Å²) in [6.07, 6.45) is 2.14. The minimum atomic E-state index is -3.99. The fourth-order valence-corrected chi connectivity index (χ4v) is 5.78. The normalized spacial score (nSPS) is 22.4. The van der Waals surface area contributed by atoms with Gasteiger partial charge in [-0.25, -0.2) is 0 Å². The van der Waals surface area contributed by atoms with Gasteiger partial charge in [0.2, 0.25) is 5.91 Å². The summed E-state index contributed by atoms with van der Waals surface area (Å²) in [6.45, 7) is 4.96. The number of ether oxygens (including phenoxy) is 1. The molecule has 9 heteroatoms. The zero-order valence-electron chi connectivity index (χ0n) is 19.6. The van der Waals surface area contributed by atoms with E-state index in [1.807, 2.05) is 13.8 Å². The molecule has 2 aromatic carbocycles. The first-order valence-corrected chi connectivity index (χ1v) is 12.8. The van der Waals surface area contributed by atoms with Crippen molar-refractivity contribution in [2.45, 2.75) is 56.0 Å². The minimum Gasteiger partial charge on any atom is -0.496 e. The van der Waals surface area contributed by atoms with Crippen molar-refractivity contribution in [2.24, 2.45) is 0 Å². The second-order valence-electron chi connectivity index (χ2n) is 8.92. The number of carbonyl (C=O) groups excluding carboxylic acids is 1. The number of carbonyl (C=O) groups is 1. The van der Waals surface area contributed by atoms with Crippen LogP contribution in [0.15, 0.2) is 41.3 Å². The quantitative estimate of drug-likeness (QED) is 0.629. The molecule has 0 spiro atoms. The standard InChI is InChI=1S/C25H29N3O5S/c1-16-6-8-21(9-7-16)34(30,31)33-20-11-17(2)24(23(13-20)32-3)18-12-22(27-15-18)25(29)28-10-4-5-19(28)14-26/h6-9,11,13,18-19,22,27H,4-5,10,12,15H2,1-3H3/t18-,19-,22-/m0/s1. The summed E-state index contributed by atoms with van der Waals surface area (Å²) >= 11 is 0. The number of nitrogens with zero attached hydrogens (tertiary/aromatic N) is 2. The zero-order valence-corrected chi connectivity index (χ0v) is 20.4. The number of hydrogen-bond donors (Lipinski definition) is 1. The maximum Gasteiger partial charge on any atom is 0.339 e. The van der Waals surface area contributed by atoms with Gasteiger partial charge in [0.05, 0.1) is 19.2 Å². The number of rotatable bonds is 6. The maximum absolute atomic E-state index is 13.0. The van der Waals surface area contributed by atoms with Crippen LogP contribution in [0.4, 0.5) is 0 Å². The number of methoxy groups -OCH3 is 1. The van der Waals surface area contributed by atoms with E-state index in [4.69, 9.17) is 8.92 Å². The van der Waals surface area contributed by atoms with Crippen molar-refractivity contribution < 1.29 is 22.1 Å². The van der Waals surface area contributed by atoms with E-state index in [2.05, 4.69) is 11.4 Å². The van der Waals surface area contributed by atoms with Crippen LogP contribution in [0.3, 0.4) is 0 Å². The Morgan fingerprint density at radius 2 is 1.94 bits per heavy atom. The Labute approximate surface area is 200 Å². The number of aryl methyl sites for hydroxylation is 2. The monoisotopic (exact) mass is 483 g/mol. The first kappa shape index (κ1) is 24.0. The molecule has 2 aromatic rings. The summed E-state index contributed by atoms with van der Waals surface area (Å²) < 4.78 is 36.5. The van der Waals surface area contributed by atoms with E-state index in [0.717, 1.165) is 29.5 Å². The summed E-state index contributed by atoms with van der Waals surface area (Å²) in [4.78, 5) is 14.8. The van der Waals surface area contributed by atoms with Crippen LogP contribution in [-0.2, 0) is 14.9 Å². The van der Waals surface area contributed by atoms with Gasteiger partial charge >= 0.3 is 10.1 Å². The van der Waals surface area contributed by atoms with Crippen LogP contribution in [0.5, 0.6) is 11.5 Å². The van der Waals surface area contributed by atoms with Crippen molar-refractivity contribution in [3.05, 3.63) is 53.1 Å². The fraction of sp³-hybridized carbons (Fsp3) is 0.440. The van der Waals surface area contributed by atoms with E-state index in [9.17, 15) is 18.5 Å². The van der Waals surface area contributed by atoms with Crippen molar-refractivity contribution >= 4 is 16.0 Å². The SMILES string of the molecule is COc1cc(OS(=O)(=O)c2ccc(C)cc2)cc(C)c1[C@@H]1CN[C@H](C(=O)N2CCC[C@H]2C#N)C1. The Bertz CT molecular complexity index is 1220. The summed E-state index contributed by atoms with van der Waals surface area (Å²) in [5.74, 6) is 0.665. The number of amides is 1. The van der Waals surface area contributed by atoms with Crippen LogP contribution in [0.25, 0.3) is 0 Å². The molecule has 2 fully saturated rings. The first-order chi connectivity index (χ1) is 16.2. The molecule has 2 aliphatic rings. The van der Waals surface area contributed by atoms with Crippen LogP contribution in [-0.4, -0.2) is 51.5 Å². The average molecular weight is 484 g/mol. The van der Waals surface area contributed by atoms with E-state index < -0.39 is 10.1 Å². The third-order valence-electron chi connectivity index (χ3n) is 6.58. The highest BCUT2D eigenvalue weighted by atomic mass is 32.2. The molecule has 2 heterocycles. The molecule has 1 amide bonds. The Balaban J connectivity index is 1.53. The molecule has 4 rings (SSSR count). The summed E-state index contributed by atoms with van der Waals surface area (Å²) in [5.41, 5.74) is 2.70. The molecule has 180 valence electrons. The largest absolute Gasteiger partial charge is 0.496 e. The molecular weight excluding hydrogens is 454 g/mol. The molecule has 2 saturated heterocycles. The second kappa shape index (κ2) is 9.65. The number of likely N-dealkylation sites (tertiary alicyclic amines) is 1. The molecule has 0 aliphatic carbocycles. The van der Waals surface area contributed by atoms with Gasteiger partial charge in [-0.1, -0.05) is 17.7 Å². The molecule has 1 N–H and O–H groups in total. The molecule has 34 heavy (non-hydrogen) atoms. The van der Waals surface area contributed by atoms with E-state index in [-0.39, 0.29) is 34.6 Å². The Kier molecular flexibility index (Phi) is 6.82. The van der Waals surface area contributed by atoms with Gasteiger partial charge in [-0.3, -0.25) is 4.79 Å². The van der Waals surface area contributed by atoms with Crippen LogP contribution < -0.4 is 14.2 Å². The molecule has 0 aromatic heterocycles. The van der Waals surface area contributed by atoms with Crippen molar-refractivity contribution in [1.82, 2.24) is 10.2 Å². The van der Waals surface area contributed by atoms with Gasteiger partial charge in [-0.05, 0) is 56.9 Å². The van der Waals surface area contributed by atoms with Gasteiger partial charge in [0.1, 0.15) is 22.4 Å². The number of benzene rings is 2. The lowest BCUT2D eigenvalue weighted by Gasteiger charge is -2.23. The van der Waals surface area contributed by atoms with Gasteiger partial charge in [0.25, 0.3) is 0 Å². The van der Waals surface area contributed by atoms with Crippen molar-refractivity contribution in [3.63, 3.8) is 0 Å². The lowest BCUT2D eigenvalue weighted by molar-refractivity contribution is -0.133. The zero-order chi connectivity index (χ0) is 24.5. The Morgan fingerprint density at radius 3 is 2.62 bits per heavy atom. The van der Waals surface area contributed by atoms with E-state index >= 15 is 0 Å². The van der Waals surface area contributed by atoms with Gasteiger partial charge in [-0.2, -0.15) is 13.7 Å². The summed E-state index contributed by atoms with van der Waals surface area (Å²) in [6, 6.07) is 11.2. The number of nitrogens with one attached hydrogen (secondary N) is 1. The minimum absolute atomic E-state index is 0.00907. The van der Waals surface area contributed by atoms with Crippen LogP contribution in [0.1, 0.15) is 41.9 Å². The Hall–Kier alpha value is -3.09. The second-order valence-corrected chi connectivity index (χ2v) is 10.5. The molecule has 8 nitrogen and oxygen atoms in total. The van der Waals surface area contributed by atoms with Crippen molar-refractivity contribution in [1.29, 1.82) is 5.26 Å². The van der Waals surface area contributed by atoms with Gasteiger partial charge in [0, 0.05) is 30.6 Å². The van der Waals surface area contributed by atoms with Crippen LogP contribution >= 0.6 is 0 Å². The average Bonchev–Trinajstić information content (AvgIpc) is 3.48. The predicted octanol–water partition coefficient (Wildman–Crippen LogP) is 3.04. The van der Waals surface area contributed by atoms with E-state index in [1.54, 1.807) is 29.2 Å². The van der Waals surface area contributed by atoms with E-state index in [0.29, 0.717) is 25.3 Å². The smallest absolute Gasteiger partial charge is 0.339 e. The molecule has 0 saturated carbocycles. The van der Waals surface area contributed by atoms with Crippen LogP contribution in [0, 0.1) is 25.2 Å². The number of hydrogen-bond acceptors (Lipinski definition) is 7. The predicted molar refractivity (Wildman–Crippen MR) is 126 cm³/mol. The molecule has 0 radical (unpaired) electrons. The molecule has 3 atom stereocenters. The summed E-state index contributed by atoms with van der Waals surface area (Å²) in [5, 5.41) is 12.6. The molecule has 0 bridgehead atoms. The highest BCUT2D eigenvalue weighted by molar-refractivity contribution is 7.87. The van der Waals surface area contributed by atoms with Crippen LogP contribution in [0.2, 0.25) is 0 Å². The molecule has 2 aliphatic heterocycles. The highest BCUT2D eigenvalue weighted by Gasteiger charge is 2.38. The molecule has 0 unspecified atom stereocenters. The highest BCUT2D eigenvalue weighted by Crippen LogP contribution is 2.39.